The van der Waals surface area contributed by atoms with Crippen LogP contribution in [0.2, 0.25) is 0 Å². The second-order valence-corrected chi connectivity index (χ2v) is 4.15. The van der Waals surface area contributed by atoms with Gasteiger partial charge >= 0.3 is 0 Å². The van der Waals surface area contributed by atoms with E-state index in [9.17, 15) is 0 Å². The molecule has 1 aromatic heterocycles. The zero-order valence-electron chi connectivity index (χ0n) is 10.6. The lowest BCUT2D eigenvalue weighted by molar-refractivity contribution is 0.724. The van der Waals surface area contributed by atoms with E-state index in [1.807, 2.05) is 42.2 Å². The fourth-order valence-electron chi connectivity index (χ4n) is 1.87. The molecule has 0 atom stereocenters. The van der Waals surface area contributed by atoms with Crippen LogP contribution in [0.15, 0.2) is 30.5 Å². The summed E-state index contributed by atoms with van der Waals surface area (Å²) in [5.74, 6) is 0. The Labute approximate surface area is 107 Å². The van der Waals surface area contributed by atoms with Gasteiger partial charge in [-0.15, -0.1) is 0 Å². The number of nitrogens with zero attached hydrogens (tertiary/aromatic N) is 3. The smallest absolute Gasteiger partial charge is 0.0991 e. The van der Waals surface area contributed by atoms with Crippen LogP contribution in [0.5, 0.6) is 0 Å². The van der Waals surface area contributed by atoms with Crippen molar-refractivity contribution < 1.29 is 0 Å². The van der Waals surface area contributed by atoms with Gasteiger partial charge in [-0.1, -0.05) is 19.1 Å². The molecule has 0 bridgehead atoms. The first-order valence-corrected chi connectivity index (χ1v) is 5.98. The number of aromatic nitrogens is 2. The molecule has 0 radical (unpaired) electrons. The monoisotopic (exact) mass is 240 g/mol. The Morgan fingerprint density at radius 2 is 2.06 bits per heavy atom. The molecule has 0 saturated heterocycles. The predicted molar refractivity (Wildman–Crippen MR) is 70.7 cm³/mol. The van der Waals surface area contributed by atoms with Crippen LogP contribution in [0.4, 0.5) is 0 Å². The Morgan fingerprint density at radius 3 is 2.67 bits per heavy atom. The molecule has 0 aliphatic heterocycles. The lowest BCUT2D eigenvalue weighted by Gasteiger charge is -2.03. The molecule has 2 rings (SSSR count). The van der Waals surface area contributed by atoms with Crippen molar-refractivity contribution in [3.8, 4) is 17.3 Å². The Hall–Kier alpha value is -2.12. The van der Waals surface area contributed by atoms with Crippen LogP contribution in [-0.2, 0) is 13.6 Å². The summed E-state index contributed by atoms with van der Waals surface area (Å²) in [4.78, 5) is 0. The summed E-state index contributed by atoms with van der Waals surface area (Å²) >= 11 is 0. The first-order valence-electron chi connectivity index (χ1n) is 5.98. The fourth-order valence-corrected chi connectivity index (χ4v) is 1.87. The summed E-state index contributed by atoms with van der Waals surface area (Å²) in [5.41, 5.74) is 3.86. The molecule has 0 aliphatic rings. The molecule has 0 aliphatic carbocycles. The van der Waals surface area contributed by atoms with Crippen molar-refractivity contribution >= 4 is 0 Å². The zero-order chi connectivity index (χ0) is 13.0. The highest BCUT2D eigenvalue weighted by Crippen LogP contribution is 2.22. The number of nitrogens with one attached hydrogen (secondary N) is 1. The van der Waals surface area contributed by atoms with Gasteiger partial charge in [0.1, 0.15) is 0 Å². The molecule has 18 heavy (non-hydrogen) atoms. The van der Waals surface area contributed by atoms with Crippen molar-refractivity contribution in [3.63, 3.8) is 0 Å². The summed E-state index contributed by atoms with van der Waals surface area (Å²) in [6.07, 6.45) is 2.02. The van der Waals surface area contributed by atoms with Crippen molar-refractivity contribution in [2.24, 2.45) is 7.05 Å². The molecule has 0 saturated carbocycles. The number of hydrogen-bond donors (Lipinski definition) is 1. The van der Waals surface area contributed by atoms with Gasteiger partial charge in [-0.25, -0.2) is 0 Å². The minimum Gasteiger partial charge on any atom is -0.313 e. The molecule has 0 amide bonds. The molecule has 4 heteroatoms. The van der Waals surface area contributed by atoms with Crippen LogP contribution in [0, 0.1) is 11.3 Å². The van der Waals surface area contributed by atoms with Crippen LogP contribution < -0.4 is 5.32 Å². The van der Waals surface area contributed by atoms with E-state index in [1.54, 1.807) is 0 Å². The number of aryl methyl sites for hydroxylation is 1. The standard InChI is InChI=1S/C14H16N4/c1-3-16-9-13-10-18(2)17-14(13)12-6-4-11(8-15)5-7-12/h4-7,10,16H,3,9H2,1-2H3. The van der Waals surface area contributed by atoms with E-state index >= 15 is 0 Å². The van der Waals surface area contributed by atoms with Gasteiger partial charge in [-0.05, 0) is 18.7 Å². The third-order valence-corrected chi connectivity index (χ3v) is 2.76. The average molecular weight is 240 g/mol. The number of benzene rings is 1. The Kier molecular flexibility index (Phi) is 3.75. The van der Waals surface area contributed by atoms with Gasteiger partial charge in [0.15, 0.2) is 0 Å². The second kappa shape index (κ2) is 5.48. The van der Waals surface area contributed by atoms with E-state index in [1.165, 1.54) is 5.56 Å². The van der Waals surface area contributed by atoms with Crippen molar-refractivity contribution in [2.45, 2.75) is 13.5 Å². The van der Waals surface area contributed by atoms with E-state index in [4.69, 9.17) is 5.26 Å². The van der Waals surface area contributed by atoms with Gasteiger partial charge in [0, 0.05) is 30.9 Å². The highest BCUT2D eigenvalue weighted by Gasteiger charge is 2.09. The van der Waals surface area contributed by atoms with Crippen LogP contribution in [-0.4, -0.2) is 16.3 Å². The van der Waals surface area contributed by atoms with Gasteiger partial charge in [0.25, 0.3) is 0 Å². The molecular weight excluding hydrogens is 224 g/mol. The third-order valence-electron chi connectivity index (χ3n) is 2.76. The molecular formula is C14H16N4. The summed E-state index contributed by atoms with van der Waals surface area (Å²) in [7, 11) is 1.92. The number of nitriles is 1. The molecule has 0 unspecified atom stereocenters. The lowest BCUT2D eigenvalue weighted by Crippen LogP contribution is -2.11. The van der Waals surface area contributed by atoms with Crippen LogP contribution in [0.3, 0.4) is 0 Å². The van der Waals surface area contributed by atoms with Gasteiger partial charge < -0.3 is 5.32 Å². The van der Waals surface area contributed by atoms with E-state index in [-0.39, 0.29) is 0 Å². The number of rotatable bonds is 4. The van der Waals surface area contributed by atoms with E-state index in [2.05, 4.69) is 23.4 Å². The molecule has 4 nitrogen and oxygen atoms in total. The highest BCUT2D eigenvalue weighted by molar-refractivity contribution is 5.63. The van der Waals surface area contributed by atoms with E-state index in [0.29, 0.717) is 5.56 Å². The minimum absolute atomic E-state index is 0.669. The quantitative estimate of drug-likeness (QED) is 0.890. The third kappa shape index (κ3) is 2.58. The molecule has 0 spiro atoms. The molecule has 1 heterocycles. The Bertz CT molecular complexity index is 560. The van der Waals surface area contributed by atoms with Crippen LogP contribution in [0.25, 0.3) is 11.3 Å². The van der Waals surface area contributed by atoms with Gasteiger partial charge in [0.2, 0.25) is 0 Å². The second-order valence-electron chi connectivity index (χ2n) is 4.15. The SMILES string of the molecule is CCNCc1cn(C)nc1-c1ccc(C#N)cc1. The fraction of sp³-hybridized carbons (Fsp3) is 0.286. The van der Waals surface area contributed by atoms with Crippen molar-refractivity contribution in [1.29, 1.82) is 5.26 Å². The molecule has 2 aromatic rings. The maximum absolute atomic E-state index is 8.79. The maximum atomic E-state index is 8.79. The first-order chi connectivity index (χ1) is 8.74. The number of hydrogen-bond acceptors (Lipinski definition) is 3. The lowest BCUT2D eigenvalue weighted by atomic mass is 10.1. The van der Waals surface area contributed by atoms with Crippen LogP contribution >= 0.6 is 0 Å². The van der Waals surface area contributed by atoms with Crippen molar-refractivity contribution in [1.82, 2.24) is 15.1 Å². The first kappa shape index (κ1) is 12.3. The molecule has 92 valence electrons. The summed E-state index contributed by atoms with van der Waals surface area (Å²) in [5, 5.41) is 16.6. The van der Waals surface area contributed by atoms with E-state index in [0.717, 1.165) is 24.3 Å². The molecule has 1 aromatic carbocycles. The summed E-state index contributed by atoms with van der Waals surface area (Å²) < 4.78 is 1.82. The largest absolute Gasteiger partial charge is 0.313 e. The summed E-state index contributed by atoms with van der Waals surface area (Å²) in [6.45, 7) is 3.82. The zero-order valence-corrected chi connectivity index (χ0v) is 10.6. The van der Waals surface area contributed by atoms with Gasteiger partial charge in [0.05, 0.1) is 17.3 Å². The summed E-state index contributed by atoms with van der Waals surface area (Å²) in [6, 6.07) is 9.64. The topological polar surface area (TPSA) is 53.6 Å². The Balaban J connectivity index is 2.33. The highest BCUT2D eigenvalue weighted by atomic mass is 15.3. The van der Waals surface area contributed by atoms with Gasteiger partial charge in [-0.2, -0.15) is 10.4 Å². The van der Waals surface area contributed by atoms with Gasteiger partial charge in [-0.3, -0.25) is 4.68 Å². The maximum Gasteiger partial charge on any atom is 0.0991 e. The minimum atomic E-state index is 0.669. The van der Waals surface area contributed by atoms with E-state index < -0.39 is 0 Å². The average Bonchev–Trinajstić information content (AvgIpc) is 2.77. The predicted octanol–water partition coefficient (Wildman–Crippen LogP) is 2.07. The van der Waals surface area contributed by atoms with Crippen molar-refractivity contribution in [2.75, 3.05) is 6.54 Å². The van der Waals surface area contributed by atoms with Crippen molar-refractivity contribution in [3.05, 3.63) is 41.6 Å². The van der Waals surface area contributed by atoms with Crippen LogP contribution in [0.1, 0.15) is 18.1 Å². The molecule has 0 fully saturated rings. The normalized spacial score (nSPS) is 10.3. The molecule has 1 N–H and O–H groups in total. The Morgan fingerprint density at radius 1 is 1.33 bits per heavy atom.